The molecule has 37 heavy (non-hydrogen) atoms. The predicted molar refractivity (Wildman–Crippen MR) is 134 cm³/mol. The standard InChI is InChI=1S/C27H23F3N2O4S/c1-16(2)23-13-22(26(34)35-3)25(37-23)32-24(33)19(14-31)11-17-7-9-21(10-8-17)36-15-18-5-4-6-20(12-18)27(28,29)30/h4-13,16H,15H2,1-3H3,(H,32,33)/b19-11+. The highest BCUT2D eigenvalue weighted by atomic mass is 32.1. The molecule has 0 bridgehead atoms. The summed E-state index contributed by atoms with van der Waals surface area (Å²) in [5, 5.41) is 12.4. The molecule has 0 aliphatic rings. The van der Waals surface area contributed by atoms with E-state index in [1.165, 1.54) is 36.7 Å². The van der Waals surface area contributed by atoms with Crippen LogP contribution in [0.3, 0.4) is 0 Å². The fourth-order valence-electron chi connectivity index (χ4n) is 3.20. The molecule has 192 valence electrons. The van der Waals surface area contributed by atoms with Crippen LogP contribution < -0.4 is 10.1 Å². The van der Waals surface area contributed by atoms with Gasteiger partial charge in [-0.3, -0.25) is 4.79 Å². The Kier molecular flexibility index (Phi) is 8.73. The number of carbonyl (C=O) groups is 2. The van der Waals surface area contributed by atoms with Crippen molar-refractivity contribution in [3.63, 3.8) is 0 Å². The van der Waals surface area contributed by atoms with E-state index in [1.807, 2.05) is 19.9 Å². The quantitative estimate of drug-likeness (QED) is 0.197. The highest BCUT2D eigenvalue weighted by molar-refractivity contribution is 7.16. The summed E-state index contributed by atoms with van der Waals surface area (Å²) in [5.74, 6) is -0.754. The average molecular weight is 529 g/mol. The lowest BCUT2D eigenvalue weighted by Gasteiger charge is -2.10. The van der Waals surface area contributed by atoms with E-state index in [-0.39, 0.29) is 23.7 Å². The summed E-state index contributed by atoms with van der Waals surface area (Å²) in [5.41, 5.74) is 0.165. The molecule has 0 aliphatic carbocycles. The van der Waals surface area contributed by atoms with Gasteiger partial charge in [0.15, 0.2) is 0 Å². The van der Waals surface area contributed by atoms with E-state index in [4.69, 9.17) is 9.47 Å². The van der Waals surface area contributed by atoms with Gasteiger partial charge in [-0.15, -0.1) is 11.3 Å². The zero-order chi connectivity index (χ0) is 27.2. The number of carbonyl (C=O) groups excluding carboxylic acids is 2. The van der Waals surface area contributed by atoms with Crippen LogP contribution in [-0.4, -0.2) is 19.0 Å². The number of nitrogens with one attached hydrogen (secondary N) is 1. The van der Waals surface area contributed by atoms with E-state index in [2.05, 4.69) is 5.32 Å². The number of nitrogens with zero attached hydrogens (tertiary/aromatic N) is 1. The molecule has 2 aromatic carbocycles. The van der Waals surface area contributed by atoms with Crippen molar-refractivity contribution in [1.82, 2.24) is 0 Å². The van der Waals surface area contributed by atoms with Gasteiger partial charge in [0.1, 0.15) is 29.0 Å². The molecule has 0 atom stereocenters. The van der Waals surface area contributed by atoms with Gasteiger partial charge in [0.2, 0.25) is 0 Å². The Hall–Kier alpha value is -4.10. The van der Waals surface area contributed by atoms with Crippen molar-refractivity contribution >= 4 is 34.3 Å². The van der Waals surface area contributed by atoms with Crippen molar-refractivity contribution in [2.45, 2.75) is 32.5 Å². The van der Waals surface area contributed by atoms with E-state index in [0.717, 1.165) is 17.0 Å². The lowest BCUT2D eigenvalue weighted by atomic mass is 10.1. The number of esters is 1. The lowest BCUT2D eigenvalue weighted by Crippen LogP contribution is -2.15. The Morgan fingerprint density at radius 3 is 2.43 bits per heavy atom. The SMILES string of the molecule is COC(=O)c1cc(C(C)C)sc1NC(=O)/C(C#N)=C/c1ccc(OCc2cccc(C(F)(F)F)c2)cc1. The van der Waals surface area contributed by atoms with Crippen LogP contribution in [0.1, 0.15) is 51.7 Å². The molecule has 0 saturated carbocycles. The number of rotatable bonds is 8. The zero-order valence-corrected chi connectivity index (χ0v) is 21.0. The first-order valence-corrected chi connectivity index (χ1v) is 11.9. The third-order valence-corrected chi connectivity index (χ3v) is 6.52. The largest absolute Gasteiger partial charge is 0.489 e. The van der Waals surface area contributed by atoms with E-state index in [9.17, 15) is 28.0 Å². The van der Waals surface area contributed by atoms with Crippen LogP contribution in [-0.2, 0) is 22.3 Å². The van der Waals surface area contributed by atoms with Gasteiger partial charge in [-0.05, 0) is 53.5 Å². The zero-order valence-electron chi connectivity index (χ0n) is 20.2. The van der Waals surface area contributed by atoms with Gasteiger partial charge in [-0.2, -0.15) is 18.4 Å². The molecular formula is C27H23F3N2O4S. The van der Waals surface area contributed by atoms with E-state index < -0.39 is 23.6 Å². The van der Waals surface area contributed by atoms with Gasteiger partial charge < -0.3 is 14.8 Å². The third-order valence-electron chi connectivity index (χ3n) is 5.17. The molecule has 0 spiro atoms. The summed E-state index contributed by atoms with van der Waals surface area (Å²) in [6.45, 7) is 3.84. The highest BCUT2D eigenvalue weighted by Gasteiger charge is 2.30. The van der Waals surface area contributed by atoms with Crippen molar-refractivity contribution in [3.8, 4) is 11.8 Å². The number of halogens is 3. The first-order chi connectivity index (χ1) is 17.5. The number of hydrogen-bond donors (Lipinski definition) is 1. The van der Waals surface area contributed by atoms with Gasteiger partial charge in [-0.1, -0.05) is 38.1 Å². The topological polar surface area (TPSA) is 88.4 Å². The number of amides is 1. The molecule has 0 aliphatic heterocycles. The fraction of sp³-hybridized carbons (Fsp3) is 0.222. The summed E-state index contributed by atoms with van der Waals surface area (Å²) >= 11 is 1.23. The number of ether oxygens (including phenoxy) is 2. The number of benzene rings is 2. The first-order valence-electron chi connectivity index (χ1n) is 11.1. The second-order valence-corrected chi connectivity index (χ2v) is 9.30. The molecule has 3 rings (SSSR count). The number of thiophene rings is 1. The Labute approximate surface area is 215 Å². The molecule has 1 amide bonds. The van der Waals surface area contributed by atoms with Crippen molar-refractivity contribution in [3.05, 3.63) is 87.3 Å². The van der Waals surface area contributed by atoms with E-state index in [0.29, 0.717) is 21.9 Å². The van der Waals surface area contributed by atoms with Gasteiger partial charge in [-0.25, -0.2) is 4.79 Å². The summed E-state index contributed by atoms with van der Waals surface area (Å²) in [6, 6.07) is 14.8. The van der Waals surface area contributed by atoms with Gasteiger partial charge >= 0.3 is 12.1 Å². The minimum absolute atomic E-state index is 0.0628. The molecule has 1 aromatic heterocycles. The molecule has 0 radical (unpaired) electrons. The van der Waals surface area contributed by atoms with Crippen LogP contribution in [0.5, 0.6) is 5.75 Å². The Morgan fingerprint density at radius 2 is 1.84 bits per heavy atom. The molecule has 0 saturated heterocycles. The maximum absolute atomic E-state index is 12.9. The van der Waals surface area contributed by atoms with Crippen LogP contribution >= 0.6 is 11.3 Å². The monoisotopic (exact) mass is 528 g/mol. The Morgan fingerprint density at radius 1 is 1.14 bits per heavy atom. The number of alkyl halides is 3. The lowest BCUT2D eigenvalue weighted by molar-refractivity contribution is -0.137. The second-order valence-electron chi connectivity index (χ2n) is 8.22. The molecule has 3 aromatic rings. The second kappa shape index (κ2) is 11.8. The van der Waals surface area contributed by atoms with Gasteiger partial charge in [0.25, 0.3) is 5.91 Å². The van der Waals surface area contributed by atoms with Crippen LogP contribution in [0.2, 0.25) is 0 Å². The maximum Gasteiger partial charge on any atom is 0.416 e. The number of anilines is 1. The molecular weight excluding hydrogens is 505 g/mol. The van der Waals surface area contributed by atoms with Crippen molar-refractivity contribution in [2.75, 3.05) is 12.4 Å². The van der Waals surface area contributed by atoms with Crippen molar-refractivity contribution in [2.24, 2.45) is 0 Å². The van der Waals surface area contributed by atoms with Gasteiger partial charge in [0.05, 0.1) is 18.2 Å². The normalized spacial score (nSPS) is 11.7. The smallest absolute Gasteiger partial charge is 0.416 e. The van der Waals surface area contributed by atoms with Crippen molar-refractivity contribution < 1.29 is 32.2 Å². The van der Waals surface area contributed by atoms with Crippen LogP contribution in [0, 0.1) is 11.3 Å². The van der Waals surface area contributed by atoms with Crippen LogP contribution in [0.4, 0.5) is 18.2 Å². The number of methoxy groups -OCH3 is 1. The van der Waals surface area contributed by atoms with Gasteiger partial charge in [0, 0.05) is 4.88 Å². The third kappa shape index (κ3) is 7.21. The Bertz CT molecular complexity index is 1350. The van der Waals surface area contributed by atoms with Crippen LogP contribution in [0.15, 0.2) is 60.2 Å². The number of hydrogen-bond acceptors (Lipinski definition) is 6. The fourth-order valence-corrected chi connectivity index (χ4v) is 4.24. The molecule has 0 fully saturated rings. The minimum Gasteiger partial charge on any atom is -0.489 e. The van der Waals surface area contributed by atoms with E-state index >= 15 is 0 Å². The van der Waals surface area contributed by atoms with E-state index in [1.54, 1.807) is 30.3 Å². The Balaban J connectivity index is 1.70. The molecule has 6 nitrogen and oxygen atoms in total. The number of nitriles is 1. The summed E-state index contributed by atoms with van der Waals surface area (Å²) in [7, 11) is 1.24. The molecule has 10 heteroatoms. The van der Waals surface area contributed by atoms with Crippen LogP contribution in [0.25, 0.3) is 6.08 Å². The first kappa shape index (κ1) is 27.5. The molecule has 0 unspecified atom stereocenters. The minimum atomic E-state index is -4.43. The molecule has 1 heterocycles. The van der Waals surface area contributed by atoms with Crippen molar-refractivity contribution in [1.29, 1.82) is 5.26 Å². The summed E-state index contributed by atoms with van der Waals surface area (Å²) < 4.78 is 49.0. The maximum atomic E-state index is 12.9. The average Bonchev–Trinajstić information content (AvgIpc) is 3.30. The summed E-state index contributed by atoms with van der Waals surface area (Å²) in [6.07, 6.45) is -3.06. The highest BCUT2D eigenvalue weighted by Crippen LogP contribution is 2.34. The summed E-state index contributed by atoms with van der Waals surface area (Å²) in [4.78, 5) is 25.7. The molecule has 1 N–H and O–H groups in total. The predicted octanol–water partition coefficient (Wildman–Crippen LogP) is 6.80.